The molecule has 3 heteroatoms. The molecule has 0 aliphatic heterocycles. The van der Waals surface area contributed by atoms with Crippen molar-refractivity contribution < 1.29 is 4.79 Å². The van der Waals surface area contributed by atoms with Crippen molar-refractivity contribution in [3.05, 3.63) is 30.5 Å². The van der Waals surface area contributed by atoms with Crippen molar-refractivity contribution in [3.8, 4) is 0 Å². The van der Waals surface area contributed by atoms with Crippen molar-refractivity contribution >= 4 is 16.7 Å². The maximum Gasteiger partial charge on any atom is 0.157 e. The van der Waals surface area contributed by atoms with E-state index in [0.717, 1.165) is 17.3 Å². The van der Waals surface area contributed by atoms with Gasteiger partial charge in [0.2, 0.25) is 0 Å². The molecule has 1 aromatic carbocycles. The first kappa shape index (κ1) is 10.9. The molecule has 0 N–H and O–H groups in total. The molecule has 1 atom stereocenters. The number of benzene rings is 1. The number of hydrogen-bond donors (Lipinski definition) is 0. The standard InChI is InChI=1S/C13H16N2O/c1-3-10(2)13(16)9-15-12-7-5-4-6-11(12)8-14-15/h4-8,10H,3,9H2,1-2H3. The van der Waals surface area contributed by atoms with Crippen molar-refractivity contribution in [3.63, 3.8) is 0 Å². The molecule has 0 radical (unpaired) electrons. The van der Waals surface area contributed by atoms with Crippen molar-refractivity contribution in [2.45, 2.75) is 26.8 Å². The Kier molecular flexibility index (Phi) is 3.04. The summed E-state index contributed by atoms with van der Waals surface area (Å²) in [7, 11) is 0. The zero-order valence-corrected chi connectivity index (χ0v) is 9.68. The summed E-state index contributed by atoms with van der Waals surface area (Å²) in [5, 5.41) is 5.33. The fourth-order valence-corrected chi connectivity index (χ4v) is 1.68. The lowest BCUT2D eigenvalue weighted by molar-refractivity contribution is -0.123. The van der Waals surface area contributed by atoms with Gasteiger partial charge in [0.25, 0.3) is 0 Å². The molecule has 0 fully saturated rings. The summed E-state index contributed by atoms with van der Waals surface area (Å²) in [6, 6.07) is 7.94. The molecule has 3 nitrogen and oxygen atoms in total. The molecule has 0 saturated carbocycles. The van der Waals surface area contributed by atoms with Crippen LogP contribution in [0, 0.1) is 5.92 Å². The van der Waals surface area contributed by atoms with Gasteiger partial charge in [0.1, 0.15) is 6.54 Å². The van der Waals surface area contributed by atoms with Gasteiger partial charge < -0.3 is 0 Å². The largest absolute Gasteiger partial charge is 0.297 e. The number of fused-ring (bicyclic) bond motifs is 1. The Morgan fingerprint density at radius 3 is 2.94 bits per heavy atom. The number of aromatic nitrogens is 2. The highest BCUT2D eigenvalue weighted by Gasteiger charge is 2.12. The third kappa shape index (κ3) is 1.98. The van der Waals surface area contributed by atoms with Crippen LogP contribution in [0.2, 0.25) is 0 Å². The topological polar surface area (TPSA) is 34.9 Å². The molecular formula is C13H16N2O. The highest BCUT2D eigenvalue weighted by molar-refractivity contribution is 5.84. The number of Topliss-reactive ketones (excluding diaryl/α,β-unsaturated/α-hetero) is 1. The normalized spacial score (nSPS) is 12.9. The van der Waals surface area contributed by atoms with Gasteiger partial charge in [-0.2, -0.15) is 5.10 Å². The zero-order valence-electron chi connectivity index (χ0n) is 9.68. The molecule has 1 aromatic heterocycles. The Morgan fingerprint density at radius 2 is 2.19 bits per heavy atom. The first-order valence-electron chi connectivity index (χ1n) is 5.65. The Hall–Kier alpha value is -1.64. The second-order valence-corrected chi connectivity index (χ2v) is 4.14. The molecule has 0 spiro atoms. The third-order valence-corrected chi connectivity index (χ3v) is 3.02. The quantitative estimate of drug-likeness (QED) is 0.787. The first-order valence-corrected chi connectivity index (χ1v) is 5.65. The van der Waals surface area contributed by atoms with Crippen LogP contribution in [0.25, 0.3) is 10.9 Å². The van der Waals surface area contributed by atoms with E-state index >= 15 is 0 Å². The van der Waals surface area contributed by atoms with Crippen LogP contribution in [0.1, 0.15) is 20.3 Å². The maximum atomic E-state index is 11.8. The summed E-state index contributed by atoms with van der Waals surface area (Å²) in [4.78, 5) is 11.8. The van der Waals surface area contributed by atoms with Crippen LogP contribution in [0.15, 0.2) is 30.5 Å². The third-order valence-electron chi connectivity index (χ3n) is 3.02. The summed E-state index contributed by atoms with van der Waals surface area (Å²) < 4.78 is 1.78. The molecule has 84 valence electrons. The Labute approximate surface area is 95.1 Å². The van der Waals surface area contributed by atoms with Gasteiger partial charge in [-0.15, -0.1) is 0 Å². The zero-order chi connectivity index (χ0) is 11.5. The van der Waals surface area contributed by atoms with Crippen LogP contribution < -0.4 is 0 Å². The number of ketones is 1. The fraction of sp³-hybridized carbons (Fsp3) is 0.385. The minimum Gasteiger partial charge on any atom is -0.297 e. The number of rotatable bonds is 4. The summed E-state index contributed by atoms with van der Waals surface area (Å²) in [5.74, 6) is 0.360. The highest BCUT2D eigenvalue weighted by Crippen LogP contribution is 2.13. The van der Waals surface area contributed by atoms with Crippen molar-refractivity contribution in [1.29, 1.82) is 0 Å². The van der Waals surface area contributed by atoms with E-state index < -0.39 is 0 Å². The van der Waals surface area contributed by atoms with Crippen molar-refractivity contribution in [2.24, 2.45) is 5.92 Å². The van der Waals surface area contributed by atoms with Gasteiger partial charge in [-0.1, -0.05) is 32.0 Å². The van der Waals surface area contributed by atoms with Crippen LogP contribution in [-0.4, -0.2) is 15.6 Å². The first-order chi connectivity index (χ1) is 7.72. The molecule has 0 bridgehead atoms. The summed E-state index contributed by atoms with van der Waals surface area (Å²) in [6.07, 6.45) is 2.69. The SMILES string of the molecule is CCC(C)C(=O)Cn1ncc2ccccc21. The second kappa shape index (κ2) is 4.47. The van der Waals surface area contributed by atoms with Crippen LogP contribution in [-0.2, 0) is 11.3 Å². The number of carbonyl (C=O) groups is 1. The number of para-hydroxylation sites is 1. The van der Waals surface area contributed by atoms with E-state index in [1.807, 2.05) is 38.1 Å². The molecule has 1 unspecified atom stereocenters. The van der Waals surface area contributed by atoms with E-state index in [-0.39, 0.29) is 11.7 Å². The van der Waals surface area contributed by atoms with E-state index in [9.17, 15) is 4.79 Å². The minimum atomic E-state index is 0.114. The molecular weight excluding hydrogens is 200 g/mol. The van der Waals surface area contributed by atoms with Gasteiger partial charge in [-0.3, -0.25) is 9.48 Å². The predicted molar refractivity (Wildman–Crippen MR) is 64.2 cm³/mol. The second-order valence-electron chi connectivity index (χ2n) is 4.14. The molecule has 2 aromatic rings. The van der Waals surface area contributed by atoms with Gasteiger partial charge in [-0.25, -0.2) is 0 Å². The van der Waals surface area contributed by atoms with E-state index in [0.29, 0.717) is 6.54 Å². The van der Waals surface area contributed by atoms with Crippen molar-refractivity contribution in [2.75, 3.05) is 0 Å². The van der Waals surface area contributed by atoms with Crippen LogP contribution in [0.3, 0.4) is 0 Å². The van der Waals surface area contributed by atoms with E-state index in [1.54, 1.807) is 10.9 Å². The van der Waals surface area contributed by atoms with Gasteiger partial charge in [0, 0.05) is 11.3 Å². The number of carbonyl (C=O) groups excluding carboxylic acids is 1. The molecule has 2 rings (SSSR count). The molecule has 0 aliphatic carbocycles. The van der Waals surface area contributed by atoms with Gasteiger partial charge in [-0.05, 0) is 12.5 Å². The Balaban J connectivity index is 2.25. The molecule has 16 heavy (non-hydrogen) atoms. The van der Waals surface area contributed by atoms with Gasteiger partial charge >= 0.3 is 0 Å². The Morgan fingerprint density at radius 1 is 1.44 bits per heavy atom. The smallest absolute Gasteiger partial charge is 0.157 e. The average Bonchev–Trinajstić information content (AvgIpc) is 2.72. The predicted octanol–water partition coefficient (Wildman–Crippen LogP) is 2.65. The van der Waals surface area contributed by atoms with E-state index in [2.05, 4.69) is 5.10 Å². The molecule has 1 heterocycles. The maximum absolute atomic E-state index is 11.8. The van der Waals surface area contributed by atoms with Crippen LogP contribution >= 0.6 is 0 Å². The number of nitrogens with zero attached hydrogens (tertiary/aromatic N) is 2. The van der Waals surface area contributed by atoms with E-state index in [4.69, 9.17) is 0 Å². The fourth-order valence-electron chi connectivity index (χ4n) is 1.68. The number of hydrogen-bond acceptors (Lipinski definition) is 2. The summed E-state index contributed by atoms with van der Waals surface area (Å²) in [6.45, 7) is 4.38. The van der Waals surface area contributed by atoms with Gasteiger partial charge in [0.15, 0.2) is 5.78 Å². The highest BCUT2D eigenvalue weighted by atomic mass is 16.1. The van der Waals surface area contributed by atoms with Gasteiger partial charge in [0.05, 0.1) is 11.7 Å². The van der Waals surface area contributed by atoms with Crippen LogP contribution in [0.4, 0.5) is 0 Å². The van der Waals surface area contributed by atoms with Crippen molar-refractivity contribution in [1.82, 2.24) is 9.78 Å². The molecule has 0 amide bonds. The summed E-state index contributed by atoms with van der Waals surface area (Å²) >= 11 is 0. The Bertz CT molecular complexity index is 501. The lowest BCUT2D eigenvalue weighted by Crippen LogP contribution is -2.17. The van der Waals surface area contributed by atoms with Crippen LogP contribution in [0.5, 0.6) is 0 Å². The molecule has 0 saturated heterocycles. The summed E-state index contributed by atoms with van der Waals surface area (Å²) in [5.41, 5.74) is 1.03. The average molecular weight is 216 g/mol. The van der Waals surface area contributed by atoms with E-state index in [1.165, 1.54) is 0 Å². The lowest BCUT2D eigenvalue weighted by atomic mass is 10.0. The monoisotopic (exact) mass is 216 g/mol. The lowest BCUT2D eigenvalue weighted by Gasteiger charge is -2.07. The molecule has 0 aliphatic rings. The minimum absolute atomic E-state index is 0.114.